The molecule has 0 N–H and O–H groups in total. The minimum atomic E-state index is -0.699. The number of rotatable bonds is 4. The van der Waals surface area contributed by atoms with E-state index >= 15 is 0 Å². The third-order valence-electron chi connectivity index (χ3n) is 5.49. The van der Waals surface area contributed by atoms with Crippen LogP contribution in [0.4, 0.5) is 5.69 Å². The molecule has 0 aliphatic carbocycles. The number of fused-ring (bicyclic) bond motifs is 2. The average Bonchev–Trinajstić information content (AvgIpc) is 3.12. The summed E-state index contributed by atoms with van der Waals surface area (Å²) in [5.74, 6) is 1.14. The summed E-state index contributed by atoms with van der Waals surface area (Å²) in [5, 5.41) is 1.15. The van der Waals surface area contributed by atoms with E-state index in [2.05, 4.69) is 22.8 Å². The van der Waals surface area contributed by atoms with E-state index in [-0.39, 0.29) is 12.5 Å². The zero-order chi connectivity index (χ0) is 20.5. The highest BCUT2D eigenvalue weighted by molar-refractivity contribution is 5.97. The zero-order valence-electron chi connectivity index (χ0n) is 16.7. The highest BCUT2D eigenvalue weighted by atomic mass is 16.6. The van der Waals surface area contributed by atoms with Crippen LogP contribution < -0.4 is 14.4 Å². The maximum atomic E-state index is 13.6. The van der Waals surface area contributed by atoms with Crippen molar-refractivity contribution in [2.45, 2.75) is 12.6 Å². The van der Waals surface area contributed by atoms with Gasteiger partial charge in [0.2, 0.25) is 6.10 Å². The molecule has 2 heterocycles. The van der Waals surface area contributed by atoms with Crippen molar-refractivity contribution in [1.82, 2.24) is 4.57 Å². The van der Waals surface area contributed by atoms with Gasteiger partial charge in [0.15, 0.2) is 11.5 Å². The number of carbonyl (C=O) groups is 1. The third-order valence-corrected chi connectivity index (χ3v) is 5.49. The van der Waals surface area contributed by atoms with Crippen LogP contribution in [-0.2, 0) is 18.4 Å². The number of anilines is 1. The van der Waals surface area contributed by atoms with Crippen molar-refractivity contribution in [2.75, 3.05) is 11.5 Å². The van der Waals surface area contributed by atoms with Crippen molar-refractivity contribution in [2.24, 2.45) is 7.05 Å². The standard InChI is InChI=1S/C25H22N2O3/c1-26-20(15-18-9-5-6-12-21(18)26)16-27(19-10-3-2-4-11-19)25(28)24-17-29-22-13-7-8-14-23(22)30-24/h2-15,24H,16-17H2,1H3/t24-/m1/s1. The molecule has 3 aromatic carbocycles. The molecular weight excluding hydrogens is 376 g/mol. The zero-order valence-corrected chi connectivity index (χ0v) is 16.7. The first-order valence-electron chi connectivity index (χ1n) is 9.99. The number of amides is 1. The SMILES string of the molecule is Cn1c(CN(C(=O)[C@H]2COc3ccccc3O2)c2ccccc2)cc2ccccc21. The molecule has 1 aliphatic rings. The van der Waals surface area contributed by atoms with E-state index in [9.17, 15) is 4.79 Å². The fourth-order valence-electron chi connectivity index (χ4n) is 3.88. The van der Waals surface area contributed by atoms with Crippen LogP contribution in [0.15, 0.2) is 84.9 Å². The van der Waals surface area contributed by atoms with E-state index in [0.717, 1.165) is 22.3 Å². The number of hydrogen-bond donors (Lipinski definition) is 0. The summed E-state index contributed by atoms with van der Waals surface area (Å²) in [6, 6.07) is 27.5. The lowest BCUT2D eigenvalue weighted by Crippen LogP contribution is -2.46. The number of benzene rings is 3. The maximum absolute atomic E-state index is 13.6. The Balaban J connectivity index is 1.48. The first-order chi connectivity index (χ1) is 14.7. The summed E-state index contributed by atoms with van der Waals surface area (Å²) < 4.78 is 13.9. The van der Waals surface area contributed by atoms with E-state index in [1.807, 2.05) is 73.8 Å². The molecule has 150 valence electrons. The second kappa shape index (κ2) is 7.59. The van der Waals surface area contributed by atoms with Crippen molar-refractivity contribution in [3.8, 4) is 11.5 Å². The summed E-state index contributed by atoms with van der Waals surface area (Å²) in [4.78, 5) is 15.3. The number of aryl methyl sites for hydroxylation is 1. The van der Waals surface area contributed by atoms with Gasteiger partial charge < -0.3 is 18.9 Å². The van der Waals surface area contributed by atoms with Crippen LogP contribution in [-0.4, -0.2) is 23.2 Å². The summed E-state index contributed by atoms with van der Waals surface area (Å²) in [5.41, 5.74) is 3.01. The van der Waals surface area contributed by atoms with E-state index in [1.165, 1.54) is 0 Å². The molecule has 4 aromatic rings. The quantitative estimate of drug-likeness (QED) is 0.507. The minimum Gasteiger partial charge on any atom is -0.485 e. The number of hydrogen-bond acceptors (Lipinski definition) is 3. The van der Waals surface area contributed by atoms with Gasteiger partial charge in [-0.15, -0.1) is 0 Å². The lowest BCUT2D eigenvalue weighted by Gasteiger charge is -2.31. The van der Waals surface area contributed by atoms with E-state index in [1.54, 1.807) is 4.90 Å². The normalized spacial score (nSPS) is 15.2. The van der Waals surface area contributed by atoms with Gasteiger partial charge in [-0.2, -0.15) is 0 Å². The monoisotopic (exact) mass is 398 g/mol. The molecule has 1 atom stereocenters. The molecule has 0 fully saturated rings. The molecule has 30 heavy (non-hydrogen) atoms. The predicted octanol–water partition coefficient (Wildman–Crippen LogP) is 4.55. The number of ether oxygens (including phenoxy) is 2. The highest BCUT2D eigenvalue weighted by Crippen LogP contribution is 2.32. The Morgan fingerprint density at radius 1 is 0.967 bits per heavy atom. The van der Waals surface area contributed by atoms with Crippen molar-refractivity contribution < 1.29 is 14.3 Å². The second-order valence-electron chi connectivity index (χ2n) is 7.38. The molecule has 0 unspecified atom stereocenters. The molecule has 0 saturated heterocycles. The molecule has 0 saturated carbocycles. The van der Waals surface area contributed by atoms with E-state index < -0.39 is 6.10 Å². The number of carbonyl (C=O) groups excluding carboxylic acids is 1. The number of para-hydroxylation sites is 4. The molecule has 1 aromatic heterocycles. The summed E-state index contributed by atoms with van der Waals surface area (Å²) in [7, 11) is 2.03. The molecule has 0 bridgehead atoms. The molecule has 1 aliphatic heterocycles. The Kier molecular flexibility index (Phi) is 4.64. The predicted molar refractivity (Wildman–Crippen MR) is 117 cm³/mol. The maximum Gasteiger partial charge on any atom is 0.272 e. The van der Waals surface area contributed by atoms with Crippen LogP contribution >= 0.6 is 0 Å². The average molecular weight is 398 g/mol. The number of aromatic nitrogens is 1. The molecule has 0 spiro atoms. The second-order valence-corrected chi connectivity index (χ2v) is 7.38. The molecule has 5 nitrogen and oxygen atoms in total. The van der Waals surface area contributed by atoms with Gasteiger partial charge in [-0.1, -0.05) is 48.5 Å². The van der Waals surface area contributed by atoms with Gasteiger partial charge in [0, 0.05) is 23.9 Å². The Morgan fingerprint density at radius 2 is 1.67 bits per heavy atom. The molecule has 5 heteroatoms. The van der Waals surface area contributed by atoms with Crippen LogP contribution in [0, 0.1) is 0 Å². The lowest BCUT2D eigenvalue weighted by atomic mass is 10.2. The van der Waals surface area contributed by atoms with Gasteiger partial charge >= 0.3 is 0 Å². The topological polar surface area (TPSA) is 43.7 Å². The van der Waals surface area contributed by atoms with Gasteiger partial charge in [0.25, 0.3) is 5.91 Å². The van der Waals surface area contributed by atoms with Crippen LogP contribution in [0.2, 0.25) is 0 Å². The fourth-order valence-corrected chi connectivity index (χ4v) is 3.88. The van der Waals surface area contributed by atoms with E-state index in [0.29, 0.717) is 18.0 Å². The van der Waals surface area contributed by atoms with Gasteiger partial charge in [0.05, 0.1) is 6.54 Å². The van der Waals surface area contributed by atoms with Crippen LogP contribution in [0.1, 0.15) is 5.69 Å². The number of nitrogens with zero attached hydrogens (tertiary/aromatic N) is 2. The Bertz CT molecular complexity index is 1200. The van der Waals surface area contributed by atoms with Gasteiger partial charge in [-0.05, 0) is 41.8 Å². The first-order valence-corrected chi connectivity index (χ1v) is 9.99. The Hall–Kier alpha value is -3.73. The molecule has 5 rings (SSSR count). The van der Waals surface area contributed by atoms with Crippen molar-refractivity contribution >= 4 is 22.5 Å². The van der Waals surface area contributed by atoms with Crippen LogP contribution in [0.5, 0.6) is 11.5 Å². The van der Waals surface area contributed by atoms with Crippen molar-refractivity contribution in [1.29, 1.82) is 0 Å². The highest BCUT2D eigenvalue weighted by Gasteiger charge is 2.32. The smallest absolute Gasteiger partial charge is 0.272 e. The largest absolute Gasteiger partial charge is 0.485 e. The third kappa shape index (κ3) is 3.28. The Morgan fingerprint density at radius 3 is 2.47 bits per heavy atom. The minimum absolute atomic E-state index is 0.124. The fraction of sp³-hybridized carbons (Fsp3) is 0.160. The summed E-state index contributed by atoms with van der Waals surface area (Å²) in [6.45, 7) is 0.629. The first kappa shape index (κ1) is 18.3. The molecule has 0 radical (unpaired) electrons. The van der Waals surface area contributed by atoms with Crippen molar-refractivity contribution in [3.63, 3.8) is 0 Å². The van der Waals surface area contributed by atoms with Gasteiger partial charge in [0.1, 0.15) is 6.61 Å². The van der Waals surface area contributed by atoms with Gasteiger partial charge in [-0.3, -0.25) is 4.79 Å². The lowest BCUT2D eigenvalue weighted by molar-refractivity contribution is -0.127. The molecular formula is C25H22N2O3. The van der Waals surface area contributed by atoms with Crippen LogP contribution in [0.25, 0.3) is 10.9 Å². The molecule has 1 amide bonds. The van der Waals surface area contributed by atoms with Gasteiger partial charge in [-0.25, -0.2) is 0 Å². The Labute approximate surface area is 175 Å². The summed E-state index contributed by atoms with van der Waals surface area (Å²) >= 11 is 0. The summed E-state index contributed by atoms with van der Waals surface area (Å²) in [6.07, 6.45) is -0.699. The van der Waals surface area contributed by atoms with Crippen LogP contribution in [0.3, 0.4) is 0 Å². The van der Waals surface area contributed by atoms with E-state index in [4.69, 9.17) is 9.47 Å². The van der Waals surface area contributed by atoms with Crippen molar-refractivity contribution in [3.05, 3.63) is 90.6 Å².